The standard InChI is InChI=1S/C21H25ClN4O4/c1-26(2)11-10-23-20(27)16(12-14-6-4-3-5-7-14)24-21(28)18-13-15(25-30-18)17-8-9-19(22)29-17/h3-9,16,18H,10-13H2,1-2H3,(H,23,27)(H,24,28). The molecule has 0 bridgehead atoms. The van der Waals surface area contributed by atoms with Crippen LogP contribution < -0.4 is 10.6 Å². The highest BCUT2D eigenvalue weighted by molar-refractivity contribution is 6.29. The van der Waals surface area contributed by atoms with Crippen LogP contribution in [-0.2, 0) is 20.8 Å². The summed E-state index contributed by atoms with van der Waals surface area (Å²) < 4.78 is 5.31. The van der Waals surface area contributed by atoms with Gasteiger partial charge >= 0.3 is 0 Å². The number of hydrogen-bond acceptors (Lipinski definition) is 6. The van der Waals surface area contributed by atoms with Crippen LogP contribution in [0.3, 0.4) is 0 Å². The molecule has 1 aliphatic heterocycles. The first-order valence-electron chi connectivity index (χ1n) is 9.67. The molecular formula is C21H25ClN4O4. The quantitative estimate of drug-likeness (QED) is 0.630. The Morgan fingerprint density at radius 2 is 2.00 bits per heavy atom. The molecule has 2 unspecified atom stereocenters. The third-order valence-corrected chi connectivity index (χ3v) is 4.80. The largest absolute Gasteiger partial charge is 0.443 e. The molecule has 3 rings (SSSR count). The van der Waals surface area contributed by atoms with E-state index in [1.165, 1.54) is 0 Å². The van der Waals surface area contributed by atoms with Crippen LogP contribution >= 0.6 is 11.6 Å². The van der Waals surface area contributed by atoms with Gasteiger partial charge < -0.3 is 24.8 Å². The molecule has 0 radical (unpaired) electrons. The molecule has 0 spiro atoms. The fourth-order valence-corrected chi connectivity index (χ4v) is 3.13. The van der Waals surface area contributed by atoms with Gasteiger partial charge in [-0.2, -0.15) is 0 Å². The lowest BCUT2D eigenvalue weighted by atomic mass is 10.0. The van der Waals surface area contributed by atoms with Gasteiger partial charge in [-0.1, -0.05) is 35.5 Å². The zero-order valence-corrected chi connectivity index (χ0v) is 17.7. The molecular weight excluding hydrogens is 408 g/mol. The fourth-order valence-electron chi connectivity index (χ4n) is 2.98. The van der Waals surface area contributed by atoms with Crippen molar-refractivity contribution in [2.45, 2.75) is 25.0 Å². The first kappa shape index (κ1) is 21.9. The van der Waals surface area contributed by atoms with E-state index in [0.717, 1.165) is 5.56 Å². The average Bonchev–Trinajstić information content (AvgIpc) is 3.37. The Bertz CT molecular complexity index is 897. The molecule has 0 aliphatic carbocycles. The molecule has 2 aromatic rings. The molecule has 30 heavy (non-hydrogen) atoms. The fraction of sp³-hybridized carbons (Fsp3) is 0.381. The molecule has 0 fully saturated rings. The number of likely N-dealkylation sites (N-methyl/N-ethyl adjacent to an activating group) is 1. The van der Waals surface area contributed by atoms with Gasteiger partial charge in [-0.25, -0.2) is 0 Å². The number of furan rings is 1. The van der Waals surface area contributed by atoms with Crippen LogP contribution in [0.2, 0.25) is 5.22 Å². The van der Waals surface area contributed by atoms with Crippen molar-refractivity contribution in [1.29, 1.82) is 0 Å². The summed E-state index contributed by atoms with van der Waals surface area (Å²) in [7, 11) is 3.85. The Hall–Kier alpha value is -2.84. The average molecular weight is 433 g/mol. The molecule has 8 nitrogen and oxygen atoms in total. The number of hydrogen-bond donors (Lipinski definition) is 2. The van der Waals surface area contributed by atoms with Gasteiger partial charge in [0.05, 0.1) is 0 Å². The molecule has 160 valence electrons. The van der Waals surface area contributed by atoms with E-state index in [4.69, 9.17) is 20.9 Å². The number of halogens is 1. The van der Waals surface area contributed by atoms with E-state index >= 15 is 0 Å². The van der Waals surface area contributed by atoms with E-state index in [2.05, 4.69) is 15.8 Å². The van der Waals surface area contributed by atoms with Crippen LogP contribution in [0.1, 0.15) is 17.7 Å². The zero-order chi connectivity index (χ0) is 21.5. The Morgan fingerprint density at radius 1 is 1.23 bits per heavy atom. The second-order valence-electron chi connectivity index (χ2n) is 7.29. The van der Waals surface area contributed by atoms with E-state index in [9.17, 15) is 9.59 Å². The highest BCUT2D eigenvalue weighted by atomic mass is 35.5. The SMILES string of the molecule is CN(C)CCNC(=O)C(Cc1ccccc1)NC(=O)C1CC(c2ccc(Cl)o2)=NO1. The maximum Gasteiger partial charge on any atom is 0.265 e. The van der Waals surface area contributed by atoms with Crippen molar-refractivity contribution in [2.24, 2.45) is 5.16 Å². The van der Waals surface area contributed by atoms with Crippen molar-refractivity contribution in [3.8, 4) is 0 Å². The maximum atomic E-state index is 12.8. The number of amides is 2. The number of nitrogens with zero attached hydrogens (tertiary/aromatic N) is 2. The molecule has 2 N–H and O–H groups in total. The lowest BCUT2D eigenvalue weighted by Crippen LogP contribution is -2.51. The molecule has 0 saturated carbocycles. The maximum absolute atomic E-state index is 12.8. The van der Waals surface area contributed by atoms with Crippen molar-refractivity contribution in [3.05, 3.63) is 59.0 Å². The van der Waals surface area contributed by atoms with Gasteiger partial charge in [0.2, 0.25) is 12.0 Å². The number of nitrogens with one attached hydrogen (secondary N) is 2. The molecule has 1 aromatic carbocycles. The van der Waals surface area contributed by atoms with E-state index in [1.807, 2.05) is 49.3 Å². The second-order valence-corrected chi connectivity index (χ2v) is 7.66. The number of oxime groups is 1. The van der Waals surface area contributed by atoms with Crippen LogP contribution in [0, 0.1) is 0 Å². The number of benzene rings is 1. The van der Waals surface area contributed by atoms with E-state index in [0.29, 0.717) is 31.0 Å². The minimum Gasteiger partial charge on any atom is -0.443 e. The van der Waals surface area contributed by atoms with Crippen molar-refractivity contribution in [3.63, 3.8) is 0 Å². The lowest BCUT2D eigenvalue weighted by Gasteiger charge is -2.20. The third kappa shape index (κ3) is 6.08. The van der Waals surface area contributed by atoms with Gasteiger partial charge in [-0.15, -0.1) is 0 Å². The predicted molar refractivity (Wildman–Crippen MR) is 113 cm³/mol. The first-order chi connectivity index (χ1) is 14.4. The van der Waals surface area contributed by atoms with Crippen molar-refractivity contribution >= 4 is 29.1 Å². The van der Waals surface area contributed by atoms with E-state index < -0.39 is 18.1 Å². The Balaban J connectivity index is 1.61. The number of carbonyl (C=O) groups is 2. The Morgan fingerprint density at radius 3 is 2.67 bits per heavy atom. The van der Waals surface area contributed by atoms with Gasteiger partial charge in [0.25, 0.3) is 5.91 Å². The van der Waals surface area contributed by atoms with Crippen LogP contribution in [0.25, 0.3) is 0 Å². The second kappa shape index (κ2) is 10.3. The van der Waals surface area contributed by atoms with Gasteiger partial charge in [-0.3, -0.25) is 9.59 Å². The highest BCUT2D eigenvalue weighted by Crippen LogP contribution is 2.21. The third-order valence-electron chi connectivity index (χ3n) is 4.59. The van der Waals surface area contributed by atoms with Crippen molar-refractivity contribution in [1.82, 2.24) is 15.5 Å². The summed E-state index contributed by atoms with van der Waals surface area (Å²) >= 11 is 5.79. The zero-order valence-electron chi connectivity index (χ0n) is 16.9. The number of carbonyl (C=O) groups excluding carboxylic acids is 2. The summed E-state index contributed by atoms with van der Waals surface area (Å²) in [5.74, 6) is -0.196. The molecule has 2 heterocycles. The van der Waals surface area contributed by atoms with E-state index in [1.54, 1.807) is 12.1 Å². The summed E-state index contributed by atoms with van der Waals surface area (Å²) in [5, 5.41) is 9.83. The van der Waals surface area contributed by atoms with Crippen LogP contribution in [0.4, 0.5) is 0 Å². The smallest absolute Gasteiger partial charge is 0.265 e. The summed E-state index contributed by atoms with van der Waals surface area (Å²) in [5.41, 5.74) is 1.44. The highest BCUT2D eigenvalue weighted by Gasteiger charge is 2.33. The first-order valence-corrected chi connectivity index (χ1v) is 10.1. The minimum absolute atomic E-state index is 0.232. The van der Waals surface area contributed by atoms with E-state index in [-0.39, 0.29) is 17.5 Å². The molecule has 0 saturated heterocycles. The van der Waals surface area contributed by atoms with Crippen molar-refractivity contribution in [2.75, 3.05) is 27.2 Å². The van der Waals surface area contributed by atoms with Gasteiger partial charge in [-0.05, 0) is 43.4 Å². The molecule has 9 heteroatoms. The lowest BCUT2D eigenvalue weighted by molar-refractivity contribution is -0.135. The van der Waals surface area contributed by atoms with Crippen molar-refractivity contribution < 1.29 is 18.8 Å². The van der Waals surface area contributed by atoms with Crippen LogP contribution in [0.5, 0.6) is 0 Å². The van der Waals surface area contributed by atoms with Crippen LogP contribution in [-0.4, -0.2) is 61.8 Å². The van der Waals surface area contributed by atoms with Gasteiger partial charge in [0.15, 0.2) is 11.0 Å². The summed E-state index contributed by atoms with van der Waals surface area (Å²) in [6, 6.07) is 12.1. The Kier molecular flexibility index (Phi) is 7.48. The Labute approximate surface area is 180 Å². The monoisotopic (exact) mass is 432 g/mol. The summed E-state index contributed by atoms with van der Waals surface area (Å²) in [6.07, 6.45) is -0.235. The molecule has 2 atom stereocenters. The number of rotatable bonds is 9. The molecule has 1 aliphatic rings. The minimum atomic E-state index is -0.836. The van der Waals surface area contributed by atoms with Gasteiger partial charge in [0.1, 0.15) is 11.8 Å². The molecule has 2 amide bonds. The summed E-state index contributed by atoms with van der Waals surface area (Å²) in [6.45, 7) is 1.19. The predicted octanol–water partition coefficient (Wildman–Crippen LogP) is 1.83. The van der Waals surface area contributed by atoms with Crippen LogP contribution in [0.15, 0.2) is 52.0 Å². The topological polar surface area (TPSA) is 96.2 Å². The van der Waals surface area contributed by atoms with Gasteiger partial charge in [0, 0.05) is 25.9 Å². The summed E-state index contributed by atoms with van der Waals surface area (Å²) in [4.78, 5) is 32.7. The molecule has 1 aromatic heterocycles. The normalized spacial score (nSPS) is 16.7.